The molecule has 0 aromatic carbocycles. The van der Waals surface area contributed by atoms with Crippen LogP contribution in [0.1, 0.15) is 27.3 Å². The highest BCUT2D eigenvalue weighted by atomic mass is 16.1. The molecule has 0 bridgehead atoms. The molecule has 2 aromatic heterocycles. The first-order valence-corrected chi connectivity index (χ1v) is 5.69. The largest absolute Gasteiger partial charge is 0.306 e. The average Bonchev–Trinajstić information content (AvgIpc) is 2.81. The summed E-state index contributed by atoms with van der Waals surface area (Å²) in [6, 6.07) is 1.99. The van der Waals surface area contributed by atoms with Crippen LogP contribution in [-0.2, 0) is 14.1 Å². The lowest BCUT2D eigenvalue weighted by molar-refractivity contribution is 0.102. The molecule has 0 saturated carbocycles. The lowest BCUT2D eigenvalue weighted by Gasteiger charge is -2.06. The molecule has 0 aliphatic heterocycles. The Morgan fingerprint density at radius 2 is 2.05 bits per heavy atom. The summed E-state index contributed by atoms with van der Waals surface area (Å²) < 4.78 is 3.11. The highest BCUT2D eigenvalue weighted by Crippen LogP contribution is 2.17. The third-order valence-electron chi connectivity index (χ3n) is 3.03. The lowest BCUT2D eigenvalue weighted by atomic mass is 10.2. The zero-order valence-electron chi connectivity index (χ0n) is 11.2. The Morgan fingerprint density at radius 1 is 1.37 bits per heavy atom. The normalized spacial score (nSPS) is 10.3. The van der Waals surface area contributed by atoms with Crippen LogP contribution >= 0.6 is 0 Å². The Balaban J connectivity index is 2.37. The van der Waals surface area contributed by atoms with E-state index < -0.39 is 0 Å². The van der Waals surface area contributed by atoms with Gasteiger partial charge in [0.1, 0.15) is 17.5 Å². The molecule has 0 aliphatic carbocycles. The van der Waals surface area contributed by atoms with E-state index >= 15 is 0 Å². The minimum atomic E-state index is -0.289. The number of nitriles is 1. The van der Waals surface area contributed by atoms with Crippen LogP contribution in [0.2, 0.25) is 0 Å². The van der Waals surface area contributed by atoms with E-state index in [1.165, 1.54) is 10.9 Å². The molecule has 0 saturated heterocycles. The van der Waals surface area contributed by atoms with Crippen molar-refractivity contribution in [2.24, 2.45) is 14.1 Å². The van der Waals surface area contributed by atoms with Crippen molar-refractivity contribution in [3.63, 3.8) is 0 Å². The van der Waals surface area contributed by atoms with Gasteiger partial charge < -0.3 is 5.32 Å². The van der Waals surface area contributed by atoms with Gasteiger partial charge in [-0.2, -0.15) is 15.5 Å². The number of aromatic nitrogens is 4. The summed E-state index contributed by atoms with van der Waals surface area (Å²) in [5.74, 6) is 0.0957. The van der Waals surface area contributed by atoms with Crippen molar-refractivity contribution in [1.82, 2.24) is 19.6 Å². The number of aryl methyl sites for hydroxylation is 3. The second-order valence-electron chi connectivity index (χ2n) is 4.27. The fraction of sp³-hybridized carbons (Fsp3) is 0.333. The number of nitrogens with one attached hydrogen (secondary N) is 1. The number of anilines is 1. The maximum atomic E-state index is 12.3. The van der Waals surface area contributed by atoms with E-state index in [1.54, 1.807) is 25.7 Å². The Bertz CT molecular complexity index is 688. The quantitative estimate of drug-likeness (QED) is 0.866. The number of rotatable bonds is 2. The van der Waals surface area contributed by atoms with Crippen LogP contribution in [0.4, 0.5) is 5.82 Å². The summed E-state index contributed by atoms with van der Waals surface area (Å²) in [5, 5.41) is 19.8. The van der Waals surface area contributed by atoms with E-state index in [0.717, 1.165) is 5.69 Å². The molecule has 1 N–H and O–H groups in total. The number of carbonyl (C=O) groups excluding carboxylic acids is 1. The van der Waals surface area contributed by atoms with Gasteiger partial charge in [0.25, 0.3) is 5.91 Å². The highest BCUT2D eigenvalue weighted by Gasteiger charge is 2.19. The number of amides is 1. The van der Waals surface area contributed by atoms with Gasteiger partial charge in [0.05, 0.1) is 17.5 Å². The molecule has 7 heteroatoms. The Labute approximate surface area is 110 Å². The monoisotopic (exact) mass is 258 g/mol. The van der Waals surface area contributed by atoms with E-state index in [0.29, 0.717) is 22.6 Å². The highest BCUT2D eigenvalue weighted by molar-refractivity contribution is 6.05. The van der Waals surface area contributed by atoms with Gasteiger partial charge in [-0.1, -0.05) is 0 Å². The number of hydrogen-bond acceptors (Lipinski definition) is 4. The molecule has 1 amide bonds. The molecule has 0 radical (unpaired) electrons. The van der Waals surface area contributed by atoms with Crippen molar-refractivity contribution < 1.29 is 4.79 Å². The predicted octanol–water partition coefficient (Wildman–Crippen LogP) is 0.894. The molecule has 0 spiro atoms. The van der Waals surface area contributed by atoms with E-state index in [9.17, 15) is 4.79 Å². The molecule has 0 unspecified atom stereocenters. The molecule has 19 heavy (non-hydrogen) atoms. The summed E-state index contributed by atoms with van der Waals surface area (Å²) >= 11 is 0. The van der Waals surface area contributed by atoms with E-state index in [2.05, 4.69) is 15.5 Å². The van der Waals surface area contributed by atoms with Crippen molar-refractivity contribution in [3.8, 4) is 6.07 Å². The minimum Gasteiger partial charge on any atom is -0.306 e. The molecule has 2 aromatic rings. The van der Waals surface area contributed by atoms with Crippen molar-refractivity contribution in [2.45, 2.75) is 13.8 Å². The van der Waals surface area contributed by atoms with Crippen LogP contribution in [0.3, 0.4) is 0 Å². The summed E-state index contributed by atoms with van der Waals surface area (Å²) in [7, 11) is 3.45. The first-order valence-electron chi connectivity index (χ1n) is 5.69. The number of hydrogen-bond donors (Lipinski definition) is 1. The molecular weight excluding hydrogens is 244 g/mol. The van der Waals surface area contributed by atoms with Gasteiger partial charge in [0.15, 0.2) is 0 Å². The molecule has 2 heterocycles. The van der Waals surface area contributed by atoms with Crippen LogP contribution in [0.15, 0.2) is 6.20 Å². The van der Waals surface area contributed by atoms with Crippen molar-refractivity contribution in [2.75, 3.05) is 5.32 Å². The van der Waals surface area contributed by atoms with E-state index in [1.807, 2.05) is 13.0 Å². The average molecular weight is 258 g/mol. The summed E-state index contributed by atoms with van der Waals surface area (Å²) in [5.41, 5.74) is 2.27. The molecule has 0 atom stereocenters. The van der Waals surface area contributed by atoms with Crippen molar-refractivity contribution in [3.05, 3.63) is 28.7 Å². The van der Waals surface area contributed by atoms with Crippen LogP contribution < -0.4 is 5.32 Å². The van der Waals surface area contributed by atoms with E-state index in [4.69, 9.17) is 5.26 Å². The van der Waals surface area contributed by atoms with Gasteiger partial charge in [-0.15, -0.1) is 0 Å². The number of nitrogens with zero attached hydrogens (tertiary/aromatic N) is 5. The van der Waals surface area contributed by atoms with Crippen LogP contribution in [0.5, 0.6) is 0 Å². The molecule has 0 fully saturated rings. The van der Waals surface area contributed by atoms with Crippen molar-refractivity contribution in [1.29, 1.82) is 5.26 Å². The van der Waals surface area contributed by atoms with Crippen molar-refractivity contribution >= 4 is 11.7 Å². The third-order valence-corrected chi connectivity index (χ3v) is 3.03. The fourth-order valence-electron chi connectivity index (χ4n) is 1.94. The topological polar surface area (TPSA) is 88.5 Å². The van der Waals surface area contributed by atoms with Gasteiger partial charge in [0.2, 0.25) is 0 Å². The summed E-state index contributed by atoms with van der Waals surface area (Å²) in [4.78, 5) is 12.3. The third kappa shape index (κ3) is 2.08. The molecule has 0 aliphatic rings. The Morgan fingerprint density at radius 3 is 2.58 bits per heavy atom. The van der Waals surface area contributed by atoms with Gasteiger partial charge in [-0.25, -0.2) is 0 Å². The maximum absolute atomic E-state index is 12.3. The van der Waals surface area contributed by atoms with Gasteiger partial charge in [-0.3, -0.25) is 14.2 Å². The van der Waals surface area contributed by atoms with Gasteiger partial charge in [0, 0.05) is 19.8 Å². The zero-order valence-corrected chi connectivity index (χ0v) is 11.2. The fourth-order valence-corrected chi connectivity index (χ4v) is 1.94. The summed E-state index contributed by atoms with van der Waals surface area (Å²) in [6.07, 6.45) is 1.42. The Hall–Kier alpha value is -2.62. The van der Waals surface area contributed by atoms with Gasteiger partial charge >= 0.3 is 0 Å². The minimum absolute atomic E-state index is 0.289. The standard InChI is InChI=1S/C12H14N6O/c1-7-10(8(2)17(3)16-7)12(19)15-11-9(5-13)6-14-18(11)4/h6H,1-4H3,(H,15,19). The van der Waals surface area contributed by atoms with E-state index in [-0.39, 0.29) is 5.91 Å². The molecule has 7 nitrogen and oxygen atoms in total. The van der Waals surface area contributed by atoms with Crippen LogP contribution in [-0.4, -0.2) is 25.5 Å². The first-order chi connectivity index (χ1) is 8.95. The zero-order chi connectivity index (χ0) is 14.2. The Kier molecular flexibility index (Phi) is 3.09. The SMILES string of the molecule is Cc1nn(C)c(C)c1C(=O)Nc1c(C#N)cnn1C. The summed E-state index contributed by atoms with van der Waals surface area (Å²) in [6.45, 7) is 3.60. The predicted molar refractivity (Wildman–Crippen MR) is 68.6 cm³/mol. The smallest absolute Gasteiger partial charge is 0.260 e. The second-order valence-corrected chi connectivity index (χ2v) is 4.27. The van der Waals surface area contributed by atoms with Gasteiger partial charge in [-0.05, 0) is 13.8 Å². The molecule has 98 valence electrons. The molecular formula is C12H14N6O. The lowest BCUT2D eigenvalue weighted by Crippen LogP contribution is -2.17. The maximum Gasteiger partial charge on any atom is 0.260 e. The second kappa shape index (κ2) is 4.57. The first kappa shape index (κ1) is 12.8. The van der Waals surface area contributed by atoms with Crippen LogP contribution in [0, 0.1) is 25.2 Å². The van der Waals surface area contributed by atoms with Crippen LogP contribution in [0.25, 0.3) is 0 Å². The molecule has 2 rings (SSSR count). The number of carbonyl (C=O) groups is 1.